The van der Waals surface area contributed by atoms with E-state index in [1.165, 1.54) is 32.1 Å². The van der Waals surface area contributed by atoms with Gasteiger partial charge in [0.15, 0.2) is 0 Å². The highest BCUT2D eigenvalue weighted by molar-refractivity contribution is 5.66. The van der Waals surface area contributed by atoms with Crippen molar-refractivity contribution in [1.29, 1.82) is 0 Å². The van der Waals surface area contributed by atoms with E-state index in [1.54, 1.807) is 0 Å². The highest BCUT2D eigenvalue weighted by Gasteiger charge is 1.95. The van der Waals surface area contributed by atoms with Crippen LogP contribution in [0.5, 0.6) is 0 Å². The molecule has 0 radical (unpaired) electrons. The molecular formula is C12H28O2. The topological polar surface area (TPSA) is 37.3 Å². The lowest BCUT2D eigenvalue weighted by Crippen LogP contribution is -1.93. The molecule has 0 bridgehead atoms. The second kappa shape index (κ2) is 15.0. The third kappa shape index (κ3) is 17.5. The largest absolute Gasteiger partial charge is 0.481 e. The molecule has 88 valence electrons. The maximum absolute atomic E-state index is 10.1. The second-order valence-corrected chi connectivity index (χ2v) is 3.27. The molecule has 0 rings (SSSR count). The summed E-state index contributed by atoms with van der Waals surface area (Å²) in [5.74, 6) is -0.663. The zero-order valence-electron chi connectivity index (χ0n) is 8.01. The van der Waals surface area contributed by atoms with E-state index in [1.807, 2.05) is 0 Å². The molecule has 14 heavy (non-hydrogen) atoms. The molecule has 0 saturated heterocycles. The molecule has 0 aromatic rings. The monoisotopic (exact) mass is 204 g/mol. The van der Waals surface area contributed by atoms with E-state index in [0.717, 1.165) is 12.8 Å². The van der Waals surface area contributed by atoms with Gasteiger partial charge in [0, 0.05) is 6.42 Å². The number of carboxylic acids is 1. The Kier molecular flexibility index (Phi) is 20.4. The van der Waals surface area contributed by atoms with Gasteiger partial charge in [-0.05, 0) is 6.42 Å². The zero-order valence-corrected chi connectivity index (χ0v) is 8.01. The van der Waals surface area contributed by atoms with E-state index in [0.29, 0.717) is 6.42 Å². The van der Waals surface area contributed by atoms with Gasteiger partial charge in [0.05, 0.1) is 0 Å². The van der Waals surface area contributed by atoms with Crippen LogP contribution in [-0.2, 0) is 4.79 Å². The summed E-state index contributed by atoms with van der Waals surface area (Å²) >= 11 is 0. The number of aliphatic carboxylic acids is 1. The molecule has 0 fully saturated rings. The Labute approximate surface area is 89.7 Å². The number of carbonyl (C=O) groups is 1. The molecule has 0 heterocycles. The van der Waals surface area contributed by atoms with Crippen LogP contribution in [-0.4, -0.2) is 11.1 Å². The second-order valence-electron chi connectivity index (χ2n) is 3.27. The number of rotatable bonds is 8. The first-order valence-corrected chi connectivity index (χ1v) is 4.99. The molecular weight excluding hydrogens is 176 g/mol. The van der Waals surface area contributed by atoms with Crippen LogP contribution in [0.4, 0.5) is 0 Å². The van der Waals surface area contributed by atoms with Crippen LogP contribution in [0, 0.1) is 0 Å². The Balaban J connectivity index is -0.000000605. The standard InChI is InChI=1S/C10H20O2.2CH4/c1-2-3-4-5-6-7-8-9-10(11)12;;/h2-9H2,1H3,(H,11,12);2*1H4. The molecule has 0 aromatic heterocycles. The molecule has 0 atom stereocenters. The highest BCUT2D eigenvalue weighted by Crippen LogP contribution is 2.07. The van der Waals surface area contributed by atoms with E-state index in [-0.39, 0.29) is 14.9 Å². The van der Waals surface area contributed by atoms with Crippen molar-refractivity contribution in [2.24, 2.45) is 0 Å². The van der Waals surface area contributed by atoms with Gasteiger partial charge >= 0.3 is 5.97 Å². The van der Waals surface area contributed by atoms with E-state index in [4.69, 9.17) is 5.11 Å². The van der Waals surface area contributed by atoms with Gasteiger partial charge in [-0.15, -0.1) is 0 Å². The van der Waals surface area contributed by atoms with Crippen LogP contribution in [0.3, 0.4) is 0 Å². The molecule has 0 aliphatic rings. The summed E-state index contributed by atoms with van der Waals surface area (Å²) < 4.78 is 0. The van der Waals surface area contributed by atoms with Crippen LogP contribution >= 0.6 is 0 Å². The summed E-state index contributed by atoms with van der Waals surface area (Å²) in [6.07, 6.45) is 8.64. The minimum absolute atomic E-state index is 0. The van der Waals surface area contributed by atoms with Gasteiger partial charge in [-0.2, -0.15) is 0 Å². The fourth-order valence-electron chi connectivity index (χ4n) is 1.23. The summed E-state index contributed by atoms with van der Waals surface area (Å²) in [5, 5.41) is 8.35. The van der Waals surface area contributed by atoms with Crippen LogP contribution < -0.4 is 0 Å². The van der Waals surface area contributed by atoms with Crippen LogP contribution in [0.25, 0.3) is 0 Å². The van der Waals surface area contributed by atoms with Gasteiger partial charge in [-0.3, -0.25) is 4.79 Å². The zero-order chi connectivity index (χ0) is 9.23. The fourth-order valence-corrected chi connectivity index (χ4v) is 1.23. The van der Waals surface area contributed by atoms with Crippen LogP contribution in [0.15, 0.2) is 0 Å². The summed E-state index contributed by atoms with van der Waals surface area (Å²) in [6.45, 7) is 2.20. The molecule has 2 heteroatoms. The van der Waals surface area contributed by atoms with Crippen LogP contribution in [0.2, 0.25) is 0 Å². The van der Waals surface area contributed by atoms with Gasteiger partial charge in [0.1, 0.15) is 0 Å². The quantitative estimate of drug-likeness (QED) is 0.592. The summed E-state index contributed by atoms with van der Waals surface area (Å²) in [6, 6.07) is 0. The first-order valence-electron chi connectivity index (χ1n) is 4.99. The predicted octanol–water partition coefficient (Wildman–Crippen LogP) is 4.48. The van der Waals surface area contributed by atoms with Gasteiger partial charge in [-0.25, -0.2) is 0 Å². The van der Waals surface area contributed by atoms with Crippen molar-refractivity contribution in [2.75, 3.05) is 0 Å². The normalized spacial score (nSPS) is 8.64. The van der Waals surface area contributed by atoms with E-state index < -0.39 is 5.97 Å². The van der Waals surface area contributed by atoms with Crippen molar-refractivity contribution >= 4 is 5.97 Å². The Morgan fingerprint density at radius 2 is 1.36 bits per heavy atom. The highest BCUT2D eigenvalue weighted by atomic mass is 16.4. The molecule has 0 aromatic carbocycles. The number of carboxylic acid groups (broad SMARTS) is 1. The molecule has 2 nitrogen and oxygen atoms in total. The number of unbranched alkanes of at least 4 members (excludes halogenated alkanes) is 6. The molecule has 0 aliphatic carbocycles. The Morgan fingerprint density at radius 3 is 1.79 bits per heavy atom. The fraction of sp³-hybridized carbons (Fsp3) is 0.917. The van der Waals surface area contributed by atoms with Crippen molar-refractivity contribution in [3.8, 4) is 0 Å². The molecule has 0 spiro atoms. The minimum Gasteiger partial charge on any atom is -0.481 e. The Hall–Kier alpha value is -0.530. The average molecular weight is 204 g/mol. The van der Waals surface area contributed by atoms with Gasteiger partial charge in [0.2, 0.25) is 0 Å². The molecule has 0 saturated carbocycles. The van der Waals surface area contributed by atoms with Gasteiger partial charge in [-0.1, -0.05) is 60.3 Å². The Bertz CT molecular complexity index is 111. The maximum Gasteiger partial charge on any atom is 0.303 e. The third-order valence-electron chi connectivity index (χ3n) is 1.99. The summed E-state index contributed by atoms with van der Waals surface area (Å²) in [5.41, 5.74) is 0. The van der Waals surface area contributed by atoms with E-state index in [2.05, 4.69) is 6.92 Å². The third-order valence-corrected chi connectivity index (χ3v) is 1.99. The minimum atomic E-state index is -0.663. The van der Waals surface area contributed by atoms with Crippen molar-refractivity contribution in [1.82, 2.24) is 0 Å². The molecule has 0 amide bonds. The lowest BCUT2D eigenvalue weighted by atomic mass is 10.1. The first-order chi connectivity index (χ1) is 5.77. The van der Waals surface area contributed by atoms with Gasteiger partial charge in [0.25, 0.3) is 0 Å². The average Bonchev–Trinajstić information content (AvgIpc) is 2.02. The molecule has 1 N–H and O–H groups in total. The van der Waals surface area contributed by atoms with Crippen molar-refractivity contribution in [2.45, 2.75) is 73.1 Å². The number of hydrogen-bond acceptors (Lipinski definition) is 1. The summed E-state index contributed by atoms with van der Waals surface area (Å²) in [7, 11) is 0. The molecule has 0 aliphatic heterocycles. The Morgan fingerprint density at radius 1 is 0.929 bits per heavy atom. The van der Waals surface area contributed by atoms with Crippen molar-refractivity contribution in [3.63, 3.8) is 0 Å². The lowest BCUT2D eigenvalue weighted by molar-refractivity contribution is -0.137. The van der Waals surface area contributed by atoms with Crippen molar-refractivity contribution in [3.05, 3.63) is 0 Å². The smallest absolute Gasteiger partial charge is 0.303 e. The first kappa shape index (κ1) is 19.1. The predicted molar refractivity (Wildman–Crippen MR) is 63.7 cm³/mol. The molecule has 0 unspecified atom stereocenters. The van der Waals surface area contributed by atoms with E-state index in [9.17, 15) is 4.79 Å². The van der Waals surface area contributed by atoms with Crippen molar-refractivity contribution < 1.29 is 9.90 Å². The summed E-state index contributed by atoms with van der Waals surface area (Å²) in [4.78, 5) is 10.1. The maximum atomic E-state index is 10.1. The number of hydrogen-bond donors (Lipinski definition) is 1. The van der Waals surface area contributed by atoms with E-state index >= 15 is 0 Å². The van der Waals surface area contributed by atoms with Gasteiger partial charge < -0.3 is 5.11 Å². The van der Waals surface area contributed by atoms with Crippen LogP contribution in [0.1, 0.15) is 73.1 Å². The lowest BCUT2D eigenvalue weighted by Gasteiger charge is -1.98. The SMILES string of the molecule is C.C.CCCCCCCCCC(=O)O.